The van der Waals surface area contributed by atoms with Crippen molar-refractivity contribution in [2.45, 2.75) is 38.6 Å². The molecule has 0 saturated heterocycles. The Labute approximate surface area is 150 Å². The summed E-state index contributed by atoms with van der Waals surface area (Å²) < 4.78 is 15.8. The van der Waals surface area contributed by atoms with Gasteiger partial charge in [-0.05, 0) is 43.7 Å². The molecule has 0 atom stereocenters. The molecule has 0 aliphatic heterocycles. The molecule has 1 amide bonds. The van der Waals surface area contributed by atoms with E-state index in [1.54, 1.807) is 12.1 Å². The van der Waals surface area contributed by atoms with Crippen LogP contribution in [-0.2, 0) is 0 Å². The van der Waals surface area contributed by atoms with Crippen LogP contribution in [0.5, 0.6) is 17.2 Å². The lowest BCUT2D eigenvalue weighted by Gasteiger charge is -2.27. The zero-order valence-corrected chi connectivity index (χ0v) is 15.7. The molecule has 1 aromatic rings. The maximum absolute atomic E-state index is 12.4. The van der Waals surface area contributed by atoms with Crippen molar-refractivity contribution in [3.63, 3.8) is 0 Å². The van der Waals surface area contributed by atoms with E-state index >= 15 is 0 Å². The van der Waals surface area contributed by atoms with E-state index in [9.17, 15) is 4.79 Å². The fraction of sp³-hybridized carbons (Fsp3) is 0.632. The Morgan fingerprint density at radius 3 is 2.12 bits per heavy atom. The van der Waals surface area contributed by atoms with Crippen molar-refractivity contribution in [2.75, 3.05) is 34.4 Å². The molecule has 2 rings (SSSR count). The fourth-order valence-electron chi connectivity index (χ4n) is 3.23. The molecule has 1 aliphatic rings. The van der Waals surface area contributed by atoms with Crippen molar-refractivity contribution in [2.24, 2.45) is 5.92 Å². The minimum atomic E-state index is -0.154. The van der Waals surface area contributed by atoms with Crippen LogP contribution in [0.1, 0.15) is 43.0 Å². The van der Waals surface area contributed by atoms with Crippen LogP contribution in [0.4, 0.5) is 0 Å². The lowest BCUT2D eigenvalue weighted by molar-refractivity contribution is 0.0952. The highest BCUT2D eigenvalue weighted by Crippen LogP contribution is 2.38. The zero-order valence-electron chi connectivity index (χ0n) is 15.7. The summed E-state index contributed by atoms with van der Waals surface area (Å²) in [5, 5.41) is 6.46. The summed E-state index contributed by atoms with van der Waals surface area (Å²) in [6.45, 7) is 3.67. The third kappa shape index (κ3) is 5.26. The van der Waals surface area contributed by atoms with E-state index < -0.39 is 0 Å². The molecular formula is C19H30N2O4. The quantitative estimate of drug-likeness (QED) is 0.706. The van der Waals surface area contributed by atoms with E-state index in [0.717, 1.165) is 12.5 Å². The highest BCUT2D eigenvalue weighted by molar-refractivity contribution is 5.95. The van der Waals surface area contributed by atoms with Crippen molar-refractivity contribution in [3.05, 3.63) is 17.7 Å². The molecule has 1 fully saturated rings. The summed E-state index contributed by atoms with van der Waals surface area (Å²) in [6, 6.07) is 3.90. The van der Waals surface area contributed by atoms with Gasteiger partial charge in [-0.1, -0.05) is 6.92 Å². The molecule has 0 spiro atoms. The van der Waals surface area contributed by atoms with E-state index in [1.807, 2.05) is 0 Å². The second-order valence-corrected chi connectivity index (χ2v) is 6.58. The number of methoxy groups -OCH3 is 3. The van der Waals surface area contributed by atoms with Crippen LogP contribution < -0.4 is 24.8 Å². The number of benzene rings is 1. The molecule has 0 bridgehead atoms. The van der Waals surface area contributed by atoms with Crippen LogP contribution in [0.3, 0.4) is 0 Å². The van der Waals surface area contributed by atoms with Crippen LogP contribution in [-0.4, -0.2) is 46.4 Å². The average Bonchev–Trinajstić information content (AvgIpc) is 2.65. The molecule has 0 unspecified atom stereocenters. The molecule has 6 nitrogen and oxygen atoms in total. The van der Waals surface area contributed by atoms with Gasteiger partial charge >= 0.3 is 0 Å². The number of carbonyl (C=O) groups is 1. The standard InChI is InChI=1S/C19H30N2O4/c1-13-5-7-15(8-6-13)20-9-10-21-19(22)14-11-16(23-2)18(25-4)17(12-14)24-3/h11-13,15,20H,5-10H2,1-4H3,(H,21,22). The van der Waals surface area contributed by atoms with Crippen LogP contribution in [0.15, 0.2) is 12.1 Å². The van der Waals surface area contributed by atoms with Crippen LogP contribution in [0.25, 0.3) is 0 Å². The molecule has 0 aromatic heterocycles. The van der Waals surface area contributed by atoms with Crippen molar-refractivity contribution in [1.29, 1.82) is 0 Å². The topological polar surface area (TPSA) is 68.8 Å². The number of ether oxygens (including phenoxy) is 3. The van der Waals surface area contributed by atoms with E-state index in [0.29, 0.717) is 35.4 Å². The van der Waals surface area contributed by atoms with Gasteiger partial charge in [-0.3, -0.25) is 4.79 Å². The summed E-state index contributed by atoms with van der Waals surface area (Å²) in [6.07, 6.45) is 5.02. The van der Waals surface area contributed by atoms with E-state index in [4.69, 9.17) is 14.2 Å². The predicted octanol–water partition coefficient (Wildman–Crippen LogP) is 2.61. The van der Waals surface area contributed by atoms with E-state index in [-0.39, 0.29) is 5.91 Å². The van der Waals surface area contributed by atoms with Crippen molar-refractivity contribution < 1.29 is 19.0 Å². The summed E-state index contributed by atoms with van der Waals surface area (Å²) >= 11 is 0. The zero-order chi connectivity index (χ0) is 18.2. The predicted molar refractivity (Wildman–Crippen MR) is 97.9 cm³/mol. The molecular weight excluding hydrogens is 320 g/mol. The van der Waals surface area contributed by atoms with Gasteiger partial charge in [-0.15, -0.1) is 0 Å². The molecule has 0 heterocycles. The summed E-state index contributed by atoms with van der Waals surface area (Å²) in [7, 11) is 4.61. The Morgan fingerprint density at radius 2 is 1.60 bits per heavy atom. The molecule has 1 aromatic carbocycles. The first kappa shape index (κ1) is 19.4. The maximum Gasteiger partial charge on any atom is 0.251 e. The first-order valence-electron chi connectivity index (χ1n) is 8.90. The second kappa shape index (κ2) is 9.51. The second-order valence-electron chi connectivity index (χ2n) is 6.58. The van der Waals surface area contributed by atoms with Gasteiger partial charge in [-0.2, -0.15) is 0 Å². The number of amides is 1. The largest absolute Gasteiger partial charge is 0.493 e. The normalized spacial score (nSPS) is 20.0. The first-order valence-corrected chi connectivity index (χ1v) is 8.90. The Kier molecular flexibility index (Phi) is 7.37. The molecule has 25 heavy (non-hydrogen) atoms. The average molecular weight is 350 g/mol. The van der Waals surface area contributed by atoms with Crippen LogP contribution in [0.2, 0.25) is 0 Å². The smallest absolute Gasteiger partial charge is 0.251 e. The summed E-state index contributed by atoms with van der Waals surface area (Å²) in [5.74, 6) is 2.12. The Morgan fingerprint density at radius 1 is 1.00 bits per heavy atom. The third-order valence-corrected chi connectivity index (χ3v) is 4.79. The molecule has 6 heteroatoms. The third-order valence-electron chi connectivity index (χ3n) is 4.79. The minimum absolute atomic E-state index is 0.154. The van der Waals surface area contributed by atoms with Gasteiger partial charge in [-0.25, -0.2) is 0 Å². The van der Waals surface area contributed by atoms with Crippen molar-refractivity contribution >= 4 is 5.91 Å². The fourth-order valence-corrected chi connectivity index (χ4v) is 3.23. The van der Waals surface area contributed by atoms with Gasteiger partial charge in [0.15, 0.2) is 11.5 Å². The molecule has 0 radical (unpaired) electrons. The Bertz CT molecular complexity index is 544. The summed E-state index contributed by atoms with van der Waals surface area (Å²) in [4.78, 5) is 12.4. The Balaban J connectivity index is 1.86. The number of hydrogen-bond donors (Lipinski definition) is 2. The van der Waals surface area contributed by atoms with Crippen molar-refractivity contribution in [3.8, 4) is 17.2 Å². The Hall–Kier alpha value is -1.95. The molecule has 2 N–H and O–H groups in total. The number of carbonyl (C=O) groups excluding carboxylic acids is 1. The highest BCUT2D eigenvalue weighted by atomic mass is 16.5. The SMILES string of the molecule is COc1cc(C(=O)NCCNC2CCC(C)CC2)cc(OC)c1OC. The number of nitrogens with one attached hydrogen (secondary N) is 2. The van der Waals surface area contributed by atoms with Crippen molar-refractivity contribution in [1.82, 2.24) is 10.6 Å². The van der Waals surface area contributed by atoms with Gasteiger partial charge in [0.25, 0.3) is 5.91 Å². The lowest BCUT2D eigenvalue weighted by Crippen LogP contribution is -2.38. The molecule has 140 valence electrons. The molecule has 1 saturated carbocycles. The van der Waals surface area contributed by atoms with E-state index in [1.165, 1.54) is 47.0 Å². The maximum atomic E-state index is 12.4. The summed E-state index contributed by atoms with van der Waals surface area (Å²) in [5.41, 5.74) is 0.487. The van der Waals surface area contributed by atoms with Gasteiger partial charge in [0.2, 0.25) is 5.75 Å². The minimum Gasteiger partial charge on any atom is -0.493 e. The lowest BCUT2D eigenvalue weighted by atomic mass is 9.87. The van der Waals surface area contributed by atoms with Gasteiger partial charge in [0.1, 0.15) is 0 Å². The first-order chi connectivity index (χ1) is 12.1. The van der Waals surface area contributed by atoms with E-state index in [2.05, 4.69) is 17.6 Å². The number of hydrogen-bond acceptors (Lipinski definition) is 5. The molecule has 1 aliphatic carbocycles. The van der Waals surface area contributed by atoms with Gasteiger partial charge in [0, 0.05) is 24.7 Å². The monoisotopic (exact) mass is 350 g/mol. The highest BCUT2D eigenvalue weighted by Gasteiger charge is 2.18. The number of rotatable bonds is 8. The van der Waals surface area contributed by atoms with Gasteiger partial charge in [0.05, 0.1) is 21.3 Å². The van der Waals surface area contributed by atoms with Gasteiger partial charge < -0.3 is 24.8 Å². The van der Waals surface area contributed by atoms with Crippen LogP contribution in [0, 0.1) is 5.92 Å². The van der Waals surface area contributed by atoms with Crippen LogP contribution >= 0.6 is 0 Å².